The van der Waals surface area contributed by atoms with Crippen molar-refractivity contribution in [1.29, 1.82) is 0 Å². The normalized spacial score (nSPS) is 13.2. The summed E-state index contributed by atoms with van der Waals surface area (Å²) in [4.78, 5) is 23.2. The highest BCUT2D eigenvalue weighted by molar-refractivity contribution is 5.99. The predicted octanol–water partition coefficient (Wildman–Crippen LogP) is 0.910. The van der Waals surface area contributed by atoms with Crippen LogP contribution in [-0.2, 0) is 4.79 Å². The average Bonchev–Trinajstić information content (AvgIpc) is 2.46. The number of nitrogens with one attached hydrogen (secondary N) is 2. The number of amides is 2. The second-order valence-electron chi connectivity index (χ2n) is 4.59. The minimum absolute atomic E-state index is 0.00337. The molecule has 1 heterocycles. The van der Waals surface area contributed by atoms with Crippen LogP contribution in [0.25, 0.3) is 0 Å². The largest absolute Gasteiger partial charge is 0.482 e. The van der Waals surface area contributed by atoms with Gasteiger partial charge in [-0.15, -0.1) is 0 Å². The second kappa shape index (κ2) is 6.91. The van der Waals surface area contributed by atoms with Crippen LogP contribution >= 0.6 is 0 Å². The van der Waals surface area contributed by atoms with Crippen molar-refractivity contribution in [2.75, 3.05) is 25.1 Å². The maximum atomic E-state index is 11.9. The molecule has 0 atom stereocenters. The molecule has 0 unspecified atom stereocenters. The SMILES string of the molecule is O=C1COc2ccc(C(=O)NCCCCCO)cc2N1. The van der Waals surface area contributed by atoms with Crippen LogP contribution in [0, 0.1) is 0 Å². The third-order valence-corrected chi connectivity index (χ3v) is 3.00. The summed E-state index contributed by atoms with van der Waals surface area (Å²) >= 11 is 0. The maximum absolute atomic E-state index is 11.9. The Kier molecular flexibility index (Phi) is 4.95. The van der Waals surface area contributed by atoms with Crippen LogP contribution in [0.2, 0.25) is 0 Å². The first-order valence-corrected chi connectivity index (χ1v) is 6.66. The Morgan fingerprint density at radius 2 is 2.20 bits per heavy atom. The Labute approximate surface area is 117 Å². The van der Waals surface area contributed by atoms with Gasteiger partial charge in [-0.3, -0.25) is 9.59 Å². The third kappa shape index (κ3) is 3.71. The Bertz CT molecular complexity index is 502. The van der Waals surface area contributed by atoms with E-state index in [1.165, 1.54) is 0 Å². The standard InChI is InChI=1S/C14H18N2O4/c17-7-3-1-2-6-15-14(19)10-4-5-12-11(8-10)16-13(18)9-20-12/h4-5,8,17H,1-3,6-7,9H2,(H,15,19)(H,16,18). The molecule has 1 aromatic carbocycles. The number of hydrogen-bond donors (Lipinski definition) is 3. The number of anilines is 1. The second-order valence-corrected chi connectivity index (χ2v) is 4.59. The molecule has 2 amide bonds. The Hall–Kier alpha value is -2.08. The van der Waals surface area contributed by atoms with E-state index in [-0.39, 0.29) is 25.0 Å². The van der Waals surface area contributed by atoms with Crippen LogP contribution < -0.4 is 15.4 Å². The van der Waals surface area contributed by atoms with Gasteiger partial charge in [0.05, 0.1) is 5.69 Å². The van der Waals surface area contributed by atoms with Gasteiger partial charge in [-0.2, -0.15) is 0 Å². The monoisotopic (exact) mass is 278 g/mol. The first-order valence-electron chi connectivity index (χ1n) is 6.66. The van der Waals surface area contributed by atoms with Crippen LogP contribution in [-0.4, -0.2) is 36.7 Å². The van der Waals surface area contributed by atoms with Crippen molar-refractivity contribution in [3.05, 3.63) is 23.8 Å². The van der Waals surface area contributed by atoms with Gasteiger partial charge in [0.1, 0.15) is 5.75 Å². The molecule has 1 aliphatic rings. The van der Waals surface area contributed by atoms with E-state index in [0.717, 1.165) is 19.3 Å². The number of unbranched alkanes of at least 4 members (excludes halogenated alkanes) is 2. The van der Waals surface area contributed by atoms with Gasteiger partial charge in [0.25, 0.3) is 11.8 Å². The summed E-state index contributed by atoms with van der Waals surface area (Å²) in [5.74, 6) is 0.166. The van der Waals surface area contributed by atoms with E-state index in [4.69, 9.17) is 9.84 Å². The van der Waals surface area contributed by atoms with Gasteiger partial charge in [0.15, 0.2) is 6.61 Å². The summed E-state index contributed by atoms with van der Waals surface area (Å²) in [6, 6.07) is 4.95. The smallest absolute Gasteiger partial charge is 0.262 e. The molecule has 0 radical (unpaired) electrons. The minimum Gasteiger partial charge on any atom is -0.482 e. The summed E-state index contributed by atoms with van der Waals surface area (Å²) < 4.78 is 5.23. The molecule has 1 aliphatic heterocycles. The van der Waals surface area contributed by atoms with Crippen molar-refractivity contribution >= 4 is 17.5 Å². The molecule has 6 nitrogen and oxygen atoms in total. The quantitative estimate of drug-likeness (QED) is 0.675. The van der Waals surface area contributed by atoms with Gasteiger partial charge in [-0.1, -0.05) is 0 Å². The number of fused-ring (bicyclic) bond motifs is 1. The fourth-order valence-corrected chi connectivity index (χ4v) is 1.94. The lowest BCUT2D eigenvalue weighted by molar-refractivity contribution is -0.118. The molecule has 20 heavy (non-hydrogen) atoms. The molecule has 108 valence electrons. The minimum atomic E-state index is -0.223. The third-order valence-electron chi connectivity index (χ3n) is 3.00. The Morgan fingerprint density at radius 3 is 3.00 bits per heavy atom. The van der Waals surface area contributed by atoms with Gasteiger partial charge in [0.2, 0.25) is 0 Å². The van der Waals surface area contributed by atoms with Crippen molar-refractivity contribution in [1.82, 2.24) is 5.32 Å². The van der Waals surface area contributed by atoms with Crippen molar-refractivity contribution in [3.8, 4) is 5.75 Å². The molecule has 0 spiro atoms. The molecule has 1 aromatic rings. The van der Waals surface area contributed by atoms with E-state index in [1.807, 2.05) is 0 Å². The molecular weight excluding hydrogens is 260 g/mol. The van der Waals surface area contributed by atoms with E-state index < -0.39 is 0 Å². The van der Waals surface area contributed by atoms with Gasteiger partial charge in [-0.05, 0) is 37.5 Å². The number of rotatable bonds is 6. The summed E-state index contributed by atoms with van der Waals surface area (Å²) in [6.45, 7) is 0.751. The summed E-state index contributed by atoms with van der Waals surface area (Å²) in [5, 5.41) is 14.1. The zero-order valence-electron chi connectivity index (χ0n) is 11.1. The molecule has 0 bridgehead atoms. The highest BCUT2D eigenvalue weighted by atomic mass is 16.5. The first-order chi connectivity index (χ1) is 9.70. The maximum Gasteiger partial charge on any atom is 0.262 e. The van der Waals surface area contributed by atoms with Gasteiger partial charge < -0.3 is 20.5 Å². The first kappa shape index (κ1) is 14.3. The fourth-order valence-electron chi connectivity index (χ4n) is 1.94. The lowest BCUT2D eigenvalue weighted by atomic mass is 10.1. The summed E-state index contributed by atoms with van der Waals surface area (Å²) in [5.41, 5.74) is 1.01. The molecule has 3 N–H and O–H groups in total. The average molecular weight is 278 g/mol. The van der Waals surface area contributed by atoms with E-state index in [1.54, 1.807) is 18.2 Å². The highest BCUT2D eigenvalue weighted by Gasteiger charge is 2.17. The van der Waals surface area contributed by atoms with Crippen molar-refractivity contribution < 1.29 is 19.4 Å². The van der Waals surface area contributed by atoms with E-state index >= 15 is 0 Å². The number of ether oxygens (including phenoxy) is 1. The van der Waals surface area contributed by atoms with Gasteiger partial charge >= 0.3 is 0 Å². The van der Waals surface area contributed by atoms with Crippen LogP contribution in [0.4, 0.5) is 5.69 Å². The van der Waals surface area contributed by atoms with Crippen molar-refractivity contribution in [3.63, 3.8) is 0 Å². The number of hydrogen-bond acceptors (Lipinski definition) is 4. The van der Waals surface area contributed by atoms with Crippen LogP contribution in [0.5, 0.6) is 5.75 Å². The lowest BCUT2D eigenvalue weighted by Crippen LogP contribution is -2.27. The van der Waals surface area contributed by atoms with Crippen LogP contribution in [0.1, 0.15) is 29.6 Å². The molecular formula is C14H18N2O4. The zero-order valence-corrected chi connectivity index (χ0v) is 11.1. The molecule has 0 fully saturated rings. The number of carbonyl (C=O) groups is 2. The van der Waals surface area contributed by atoms with E-state index in [2.05, 4.69) is 10.6 Å². The van der Waals surface area contributed by atoms with Crippen molar-refractivity contribution in [2.24, 2.45) is 0 Å². The van der Waals surface area contributed by atoms with Crippen LogP contribution in [0.3, 0.4) is 0 Å². The number of aliphatic hydroxyl groups is 1. The zero-order chi connectivity index (χ0) is 14.4. The number of benzene rings is 1. The highest BCUT2D eigenvalue weighted by Crippen LogP contribution is 2.28. The molecule has 6 heteroatoms. The van der Waals surface area contributed by atoms with Gasteiger partial charge in [0, 0.05) is 18.7 Å². The Balaban J connectivity index is 1.90. The summed E-state index contributed by atoms with van der Waals surface area (Å²) in [6.07, 6.45) is 2.46. The van der Waals surface area contributed by atoms with Gasteiger partial charge in [-0.25, -0.2) is 0 Å². The Morgan fingerprint density at radius 1 is 1.35 bits per heavy atom. The lowest BCUT2D eigenvalue weighted by Gasteiger charge is -2.18. The molecule has 2 rings (SSSR count). The van der Waals surface area contributed by atoms with Crippen LogP contribution in [0.15, 0.2) is 18.2 Å². The number of carbonyl (C=O) groups excluding carboxylic acids is 2. The fraction of sp³-hybridized carbons (Fsp3) is 0.429. The predicted molar refractivity (Wildman–Crippen MR) is 73.8 cm³/mol. The molecule has 0 saturated heterocycles. The topological polar surface area (TPSA) is 87.7 Å². The van der Waals surface area contributed by atoms with E-state index in [9.17, 15) is 9.59 Å². The molecule has 0 saturated carbocycles. The summed E-state index contributed by atoms with van der Waals surface area (Å²) in [7, 11) is 0. The van der Waals surface area contributed by atoms with E-state index in [0.29, 0.717) is 23.5 Å². The molecule has 0 aromatic heterocycles. The number of aliphatic hydroxyl groups excluding tert-OH is 1. The molecule has 0 aliphatic carbocycles. The van der Waals surface area contributed by atoms with Crippen molar-refractivity contribution in [2.45, 2.75) is 19.3 Å².